The minimum absolute atomic E-state index is 0.341. The fraction of sp³-hybridized carbons (Fsp3) is 0.833. The first-order chi connectivity index (χ1) is 9.77. The standard InChI is InChI=1S/C18H34O2/c1-2-3-4-5-6-7-8-9-10-11-12-13-14-15-16-17-18(19)20/h3-4H,2,5-17H2,1H3,(H,19,20). The van der Waals surface area contributed by atoms with Gasteiger partial charge in [0.05, 0.1) is 0 Å². The van der Waals surface area contributed by atoms with Crippen molar-refractivity contribution in [3.05, 3.63) is 12.2 Å². The number of hydrogen-bond donors (Lipinski definition) is 1. The number of carboxylic acids is 1. The van der Waals surface area contributed by atoms with Gasteiger partial charge in [0.1, 0.15) is 0 Å². The Hall–Kier alpha value is -0.790. The molecule has 0 saturated heterocycles. The molecule has 2 heteroatoms. The number of hydrogen-bond acceptors (Lipinski definition) is 1. The number of aliphatic carboxylic acids is 1. The molecule has 0 aromatic heterocycles. The molecule has 0 fully saturated rings. The highest BCUT2D eigenvalue weighted by molar-refractivity contribution is 5.66. The lowest BCUT2D eigenvalue weighted by Gasteiger charge is -2.02. The Morgan fingerprint density at radius 2 is 1.20 bits per heavy atom. The summed E-state index contributed by atoms with van der Waals surface area (Å²) in [5.41, 5.74) is 0. The fourth-order valence-corrected chi connectivity index (χ4v) is 2.41. The van der Waals surface area contributed by atoms with Crippen LogP contribution in [-0.2, 0) is 4.79 Å². The Morgan fingerprint density at radius 3 is 1.65 bits per heavy atom. The molecule has 0 heterocycles. The van der Waals surface area contributed by atoms with Crippen molar-refractivity contribution in [1.82, 2.24) is 0 Å². The highest BCUT2D eigenvalue weighted by Gasteiger charge is 1.96. The van der Waals surface area contributed by atoms with Crippen molar-refractivity contribution >= 4 is 5.97 Å². The number of carbonyl (C=O) groups is 1. The molecule has 0 rings (SSSR count). The predicted molar refractivity (Wildman–Crippen MR) is 87.1 cm³/mol. The van der Waals surface area contributed by atoms with Gasteiger partial charge in [-0.1, -0.05) is 76.9 Å². The minimum atomic E-state index is -0.657. The molecule has 0 aliphatic rings. The van der Waals surface area contributed by atoms with Crippen LogP contribution in [0.1, 0.15) is 96.8 Å². The summed E-state index contributed by atoms with van der Waals surface area (Å²) in [5, 5.41) is 8.51. The van der Waals surface area contributed by atoms with Gasteiger partial charge in [0.25, 0.3) is 0 Å². The van der Waals surface area contributed by atoms with Crippen LogP contribution in [0.2, 0.25) is 0 Å². The van der Waals surface area contributed by atoms with E-state index in [0.29, 0.717) is 6.42 Å². The van der Waals surface area contributed by atoms with Crippen molar-refractivity contribution in [2.24, 2.45) is 0 Å². The van der Waals surface area contributed by atoms with Crippen molar-refractivity contribution in [2.75, 3.05) is 0 Å². The van der Waals surface area contributed by atoms with E-state index in [4.69, 9.17) is 5.11 Å². The van der Waals surface area contributed by atoms with Crippen molar-refractivity contribution in [1.29, 1.82) is 0 Å². The molecule has 118 valence electrons. The van der Waals surface area contributed by atoms with Gasteiger partial charge in [-0.15, -0.1) is 0 Å². The van der Waals surface area contributed by atoms with E-state index in [9.17, 15) is 4.79 Å². The maximum Gasteiger partial charge on any atom is 0.303 e. The lowest BCUT2D eigenvalue weighted by molar-refractivity contribution is -0.137. The zero-order valence-corrected chi connectivity index (χ0v) is 13.4. The van der Waals surface area contributed by atoms with E-state index in [1.807, 2.05) is 0 Å². The van der Waals surface area contributed by atoms with Gasteiger partial charge in [0.15, 0.2) is 0 Å². The smallest absolute Gasteiger partial charge is 0.303 e. The van der Waals surface area contributed by atoms with E-state index in [0.717, 1.165) is 19.3 Å². The summed E-state index contributed by atoms with van der Waals surface area (Å²) in [6, 6.07) is 0. The van der Waals surface area contributed by atoms with Crippen LogP contribution in [0.3, 0.4) is 0 Å². The molecule has 0 radical (unpaired) electrons. The highest BCUT2D eigenvalue weighted by atomic mass is 16.4. The lowest BCUT2D eigenvalue weighted by atomic mass is 10.0. The van der Waals surface area contributed by atoms with Crippen LogP contribution in [0.5, 0.6) is 0 Å². The van der Waals surface area contributed by atoms with Gasteiger partial charge in [-0.25, -0.2) is 0 Å². The molecule has 0 amide bonds. The van der Waals surface area contributed by atoms with Crippen LogP contribution in [0.25, 0.3) is 0 Å². The largest absolute Gasteiger partial charge is 0.481 e. The maximum atomic E-state index is 10.3. The Labute approximate surface area is 125 Å². The van der Waals surface area contributed by atoms with Crippen LogP contribution in [0, 0.1) is 0 Å². The van der Waals surface area contributed by atoms with Gasteiger partial charge in [-0.05, 0) is 25.7 Å². The normalized spacial score (nSPS) is 11.2. The highest BCUT2D eigenvalue weighted by Crippen LogP contribution is 2.12. The number of rotatable bonds is 15. The molecule has 0 aromatic rings. The van der Waals surface area contributed by atoms with E-state index in [-0.39, 0.29) is 0 Å². The summed E-state index contributed by atoms with van der Waals surface area (Å²) in [6.07, 6.45) is 21.3. The Kier molecular flexibility index (Phi) is 15.6. The molecular formula is C18H34O2. The summed E-state index contributed by atoms with van der Waals surface area (Å²) in [5.74, 6) is -0.657. The van der Waals surface area contributed by atoms with Gasteiger partial charge in [0, 0.05) is 6.42 Å². The molecule has 0 atom stereocenters. The van der Waals surface area contributed by atoms with E-state index in [2.05, 4.69) is 19.1 Å². The summed E-state index contributed by atoms with van der Waals surface area (Å²) in [6.45, 7) is 2.18. The summed E-state index contributed by atoms with van der Waals surface area (Å²) in [7, 11) is 0. The second-order valence-electron chi connectivity index (χ2n) is 5.70. The molecule has 1 N–H and O–H groups in total. The van der Waals surface area contributed by atoms with E-state index < -0.39 is 5.97 Å². The third-order valence-electron chi connectivity index (χ3n) is 3.66. The molecule has 0 aromatic carbocycles. The topological polar surface area (TPSA) is 37.3 Å². The average Bonchev–Trinajstić information content (AvgIpc) is 2.43. The van der Waals surface area contributed by atoms with Crippen LogP contribution >= 0.6 is 0 Å². The first-order valence-corrected chi connectivity index (χ1v) is 8.64. The minimum Gasteiger partial charge on any atom is -0.481 e. The molecule has 0 aliphatic carbocycles. The summed E-state index contributed by atoms with van der Waals surface area (Å²) in [4.78, 5) is 10.3. The molecule has 0 aliphatic heterocycles. The molecular weight excluding hydrogens is 248 g/mol. The third-order valence-corrected chi connectivity index (χ3v) is 3.66. The van der Waals surface area contributed by atoms with E-state index in [1.165, 1.54) is 64.2 Å². The van der Waals surface area contributed by atoms with Crippen LogP contribution in [-0.4, -0.2) is 11.1 Å². The third kappa shape index (κ3) is 17.2. The second kappa shape index (κ2) is 16.3. The Morgan fingerprint density at radius 1 is 0.750 bits per heavy atom. The van der Waals surface area contributed by atoms with Gasteiger partial charge in [0.2, 0.25) is 0 Å². The molecule has 0 spiro atoms. The molecule has 2 nitrogen and oxygen atoms in total. The van der Waals surface area contributed by atoms with Crippen molar-refractivity contribution in [3.63, 3.8) is 0 Å². The Bertz CT molecular complexity index is 234. The first-order valence-electron chi connectivity index (χ1n) is 8.64. The Balaban J connectivity index is 2.99. The predicted octanol–water partition coefficient (Wildman–Crippen LogP) is 6.11. The molecule has 0 saturated carbocycles. The van der Waals surface area contributed by atoms with Crippen molar-refractivity contribution in [2.45, 2.75) is 96.8 Å². The number of unbranched alkanes of at least 4 members (excludes halogenated alkanes) is 11. The van der Waals surface area contributed by atoms with E-state index >= 15 is 0 Å². The zero-order chi connectivity index (χ0) is 14.9. The van der Waals surface area contributed by atoms with Crippen molar-refractivity contribution in [3.8, 4) is 0 Å². The number of carboxylic acid groups (broad SMARTS) is 1. The lowest BCUT2D eigenvalue weighted by Crippen LogP contribution is -1.93. The molecule has 0 bridgehead atoms. The van der Waals surface area contributed by atoms with E-state index in [1.54, 1.807) is 0 Å². The molecule has 20 heavy (non-hydrogen) atoms. The van der Waals surface area contributed by atoms with Gasteiger partial charge >= 0.3 is 5.97 Å². The SMILES string of the molecule is CCC=CCCCCCCCCCCCCCC(=O)O. The number of allylic oxidation sites excluding steroid dienone is 2. The fourth-order valence-electron chi connectivity index (χ4n) is 2.41. The van der Waals surface area contributed by atoms with Gasteiger partial charge in [-0.2, -0.15) is 0 Å². The van der Waals surface area contributed by atoms with Crippen LogP contribution in [0.4, 0.5) is 0 Å². The van der Waals surface area contributed by atoms with Crippen LogP contribution < -0.4 is 0 Å². The van der Waals surface area contributed by atoms with Gasteiger partial charge in [-0.3, -0.25) is 4.79 Å². The van der Waals surface area contributed by atoms with Crippen LogP contribution in [0.15, 0.2) is 12.2 Å². The molecule has 0 unspecified atom stereocenters. The van der Waals surface area contributed by atoms with Gasteiger partial charge < -0.3 is 5.11 Å². The monoisotopic (exact) mass is 282 g/mol. The zero-order valence-electron chi connectivity index (χ0n) is 13.4. The van der Waals surface area contributed by atoms with Crippen molar-refractivity contribution < 1.29 is 9.90 Å². The quantitative estimate of drug-likeness (QED) is 0.291. The first kappa shape index (κ1) is 19.2. The average molecular weight is 282 g/mol. The summed E-state index contributed by atoms with van der Waals surface area (Å²) >= 11 is 0. The second-order valence-corrected chi connectivity index (χ2v) is 5.70. The maximum absolute atomic E-state index is 10.3. The summed E-state index contributed by atoms with van der Waals surface area (Å²) < 4.78 is 0.